The molecule has 5 heteroatoms. The minimum absolute atomic E-state index is 0. The van der Waals surface area contributed by atoms with Crippen LogP contribution in [-0.4, -0.2) is 31.1 Å². The van der Waals surface area contributed by atoms with Crippen LogP contribution < -0.4 is 5.32 Å². The van der Waals surface area contributed by atoms with Gasteiger partial charge < -0.3 is 5.32 Å². The molecule has 1 aliphatic rings. The van der Waals surface area contributed by atoms with Crippen molar-refractivity contribution >= 4 is 12.4 Å². The number of benzene rings is 1. The molecule has 2 rings (SSSR count). The summed E-state index contributed by atoms with van der Waals surface area (Å²) in [6.07, 6.45) is 2.13. The minimum atomic E-state index is -0.375. The van der Waals surface area contributed by atoms with E-state index >= 15 is 0 Å². The van der Waals surface area contributed by atoms with Gasteiger partial charge in [-0.15, -0.1) is 12.4 Å². The Hall–Kier alpha value is -0.710. The van der Waals surface area contributed by atoms with E-state index in [1.807, 2.05) is 7.05 Å². The molecule has 0 radical (unpaired) electrons. The molecule has 0 atom stereocenters. The lowest BCUT2D eigenvalue weighted by atomic mass is 10.0. The molecular weight excluding hydrogens is 258 g/mol. The van der Waals surface area contributed by atoms with Crippen LogP contribution in [0.5, 0.6) is 0 Å². The number of hydrogen-bond acceptors (Lipinski definition) is 2. The van der Waals surface area contributed by atoms with Crippen molar-refractivity contribution in [2.24, 2.45) is 0 Å². The topological polar surface area (TPSA) is 15.3 Å². The first-order chi connectivity index (χ1) is 8.16. The minimum Gasteiger partial charge on any atom is -0.317 e. The Morgan fingerprint density at radius 2 is 1.94 bits per heavy atom. The molecule has 0 saturated carbocycles. The summed E-state index contributed by atoms with van der Waals surface area (Å²) in [5, 5.41) is 3.29. The Labute approximate surface area is 113 Å². The Kier molecular flexibility index (Phi) is 5.99. The van der Waals surface area contributed by atoms with E-state index in [-0.39, 0.29) is 24.0 Å². The second kappa shape index (κ2) is 7.02. The zero-order valence-corrected chi connectivity index (χ0v) is 11.3. The molecule has 1 aliphatic heterocycles. The van der Waals surface area contributed by atoms with E-state index < -0.39 is 0 Å². The van der Waals surface area contributed by atoms with E-state index in [4.69, 9.17) is 0 Å². The van der Waals surface area contributed by atoms with Crippen LogP contribution in [0.25, 0.3) is 0 Å². The van der Waals surface area contributed by atoms with E-state index in [2.05, 4.69) is 10.2 Å². The van der Waals surface area contributed by atoms with Gasteiger partial charge in [0.05, 0.1) is 0 Å². The fourth-order valence-electron chi connectivity index (χ4n) is 2.31. The Morgan fingerprint density at radius 1 is 1.28 bits per heavy atom. The fraction of sp³-hybridized carbons (Fsp3) is 0.538. The summed E-state index contributed by atoms with van der Waals surface area (Å²) in [5.74, 6) is -0.702. The number of piperidine rings is 1. The van der Waals surface area contributed by atoms with Crippen molar-refractivity contribution in [1.82, 2.24) is 10.2 Å². The summed E-state index contributed by atoms with van der Waals surface area (Å²) in [4.78, 5) is 2.11. The standard InChI is InChI=1S/C13H18F2N2.ClH/c1-17(12-4-6-16-7-5-12)9-10-8-11(14)2-3-13(10)15;/h2-3,8,12,16H,4-7,9H2,1H3;1H. The Bertz CT molecular complexity index is 381. The van der Waals surface area contributed by atoms with Crippen LogP contribution >= 0.6 is 12.4 Å². The van der Waals surface area contributed by atoms with Crippen LogP contribution in [0.3, 0.4) is 0 Å². The third kappa shape index (κ3) is 3.90. The molecule has 0 aliphatic carbocycles. The summed E-state index contributed by atoms with van der Waals surface area (Å²) < 4.78 is 26.5. The molecule has 1 fully saturated rings. The van der Waals surface area contributed by atoms with E-state index in [0.717, 1.165) is 32.0 Å². The maximum absolute atomic E-state index is 13.5. The average Bonchev–Trinajstić information content (AvgIpc) is 2.35. The van der Waals surface area contributed by atoms with Crippen molar-refractivity contribution < 1.29 is 8.78 Å². The van der Waals surface area contributed by atoms with E-state index in [0.29, 0.717) is 18.2 Å². The average molecular weight is 277 g/mol. The number of nitrogens with zero attached hydrogens (tertiary/aromatic N) is 1. The predicted molar refractivity (Wildman–Crippen MR) is 71.0 cm³/mol. The van der Waals surface area contributed by atoms with Crippen LogP contribution in [0.1, 0.15) is 18.4 Å². The second-order valence-electron chi connectivity index (χ2n) is 4.63. The molecule has 102 valence electrons. The molecule has 1 heterocycles. The molecule has 1 aromatic rings. The van der Waals surface area contributed by atoms with Crippen molar-refractivity contribution in [3.8, 4) is 0 Å². The van der Waals surface area contributed by atoms with E-state index in [9.17, 15) is 8.78 Å². The largest absolute Gasteiger partial charge is 0.317 e. The first-order valence-electron chi connectivity index (χ1n) is 6.01. The van der Waals surface area contributed by atoms with Crippen LogP contribution in [0, 0.1) is 11.6 Å². The lowest BCUT2D eigenvalue weighted by Gasteiger charge is -2.31. The molecule has 1 N–H and O–H groups in total. The highest BCUT2D eigenvalue weighted by Crippen LogP contribution is 2.16. The molecule has 18 heavy (non-hydrogen) atoms. The Morgan fingerprint density at radius 3 is 2.61 bits per heavy atom. The Balaban J connectivity index is 0.00000162. The van der Waals surface area contributed by atoms with Crippen LogP contribution in [-0.2, 0) is 6.54 Å². The molecular formula is C13H19ClF2N2. The summed E-state index contributed by atoms with van der Waals surface area (Å²) in [5.41, 5.74) is 0.436. The summed E-state index contributed by atoms with van der Waals surface area (Å²) in [6.45, 7) is 2.47. The normalized spacial score (nSPS) is 16.7. The monoisotopic (exact) mass is 276 g/mol. The van der Waals surface area contributed by atoms with E-state index in [1.165, 1.54) is 12.1 Å². The summed E-state index contributed by atoms with van der Waals surface area (Å²) in [6, 6.07) is 4.09. The highest BCUT2D eigenvalue weighted by Gasteiger charge is 2.18. The first-order valence-corrected chi connectivity index (χ1v) is 6.01. The van der Waals surface area contributed by atoms with Gasteiger partial charge in [-0.25, -0.2) is 8.78 Å². The van der Waals surface area contributed by atoms with Crippen LogP contribution in [0.2, 0.25) is 0 Å². The van der Waals surface area contributed by atoms with Gasteiger partial charge in [0.15, 0.2) is 0 Å². The van der Waals surface area contributed by atoms with Gasteiger partial charge in [0.1, 0.15) is 11.6 Å². The van der Waals surface area contributed by atoms with Crippen molar-refractivity contribution in [3.63, 3.8) is 0 Å². The highest BCUT2D eigenvalue weighted by molar-refractivity contribution is 5.85. The SMILES string of the molecule is CN(Cc1cc(F)ccc1F)C1CCNCC1.Cl. The molecule has 0 spiro atoms. The van der Waals surface area contributed by atoms with Crippen molar-refractivity contribution in [1.29, 1.82) is 0 Å². The number of rotatable bonds is 3. The third-order valence-corrected chi connectivity index (χ3v) is 3.36. The molecule has 1 saturated heterocycles. The van der Waals surface area contributed by atoms with Crippen LogP contribution in [0.4, 0.5) is 8.78 Å². The first kappa shape index (κ1) is 15.3. The maximum atomic E-state index is 13.5. The van der Waals surface area contributed by atoms with Gasteiger partial charge >= 0.3 is 0 Å². The molecule has 0 bridgehead atoms. The number of hydrogen-bond donors (Lipinski definition) is 1. The molecule has 2 nitrogen and oxygen atoms in total. The van der Waals surface area contributed by atoms with Gasteiger partial charge in [0.2, 0.25) is 0 Å². The lowest BCUT2D eigenvalue weighted by molar-refractivity contribution is 0.189. The number of halogens is 3. The van der Waals surface area contributed by atoms with Crippen molar-refractivity contribution in [2.45, 2.75) is 25.4 Å². The summed E-state index contributed by atoms with van der Waals surface area (Å²) >= 11 is 0. The fourth-order valence-corrected chi connectivity index (χ4v) is 2.31. The molecule has 0 unspecified atom stereocenters. The van der Waals surface area contributed by atoms with Crippen LogP contribution in [0.15, 0.2) is 18.2 Å². The zero-order chi connectivity index (χ0) is 12.3. The smallest absolute Gasteiger partial charge is 0.127 e. The predicted octanol–water partition coefficient (Wildman–Crippen LogP) is 2.57. The lowest BCUT2D eigenvalue weighted by Crippen LogP contribution is -2.40. The summed E-state index contributed by atoms with van der Waals surface area (Å²) in [7, 11) is 1.97. The molecule has 0 amide bonds. The molecule has 0 aromatic heterocycles. The quantitative estimate of drug-likeness (QED) is 0.913. The van der Waals surface area contributed by atoms with Crippen molar-refractivity contribution in [3.05, 3.63) is 35.4 Å². The van der Waals surface area contributed by atoms with Gasteiger partial charge in [-0.3, -0.25) is 4.90 Å². The maximum Gasteiger partial charge on any atom is 0.127 e. The van der Waals surface area contributed by atoms with E-state index in [1.54, 1.807) is 0 Å². The van der Waals surface area contributed by atoms with Gasteiger partial charge in [-0.2, -0.15) is 0 Å². The second-order valence-corrected chi connectivity index (χ2v) is 4.63. The number of nitrogens with one attached hydrogen (secondary N) is 1. The van der Waals surface area contributed by atoms with Gasteiger partial charge in [-0.05, 0) is 51.2 Å². The van der Waals surface area contributed by atoms with Gasteiger partial charge in [0, 0.05) is 18.2 Å². The van der Waals surface area contributed by atoms with Gasteiger partial charge in [-0.1, -0.05) is 0 Å². The highest BCUT2D eigenvalue weighted by atomic mass is 35.5. The van der Waals surface area contributed by atoms with Crippen molar-refractivity contribution in [2.75, 3.05) is 20.1 Å². The van der Waals surface area contributed by atoms with Gasteiger partial charge in [0.25, 0.3) is 0 Å². The zero-order valence-electron chi connectivity index (χ0n) is 10.5. The molecule has 1 aromatic carbocycles. The third-order valence-electron chi connectivity index (χ3n) is 3.36.